The molecule has 2 nitrogen and oxygen atoms in total. The second-order valence-electron chi connectivity index (χ2n) is 4.18. The van der Waals surface area contributed by atoms with Crippen LogP contribution in [-0.4, -0.2) is 11.7 Å². The number of ether oxygens (including phenoxy) is 1. The van der Waals surface area contributed by atoms with E-state index in [1.165, 1.54) is 13.0 Å². The summed E-state index contributed by atoms with van der Waals surface area (Å²) in [5.74, 6) is 0.554. The van der Waals surface area contributed by atoms with Gasteiger partial charge >= 0.3 is 0 Å². The first-order valence-corrected chi connectivity index (χ1v) is 5.64. The van der Waals surface area contributed by atoms with Gasteiger partial charge in [-0.2, -0.15) is 0 Å². The van der Waals surface area contributed by atoms with Crippen molar-refractivity contribution in [2.24, 2.45) is 5.92 Å². The molecule has 0 saturated carbocycles. The van der Waals surface area contributed by atoms with Gasteiger partial charge in [0.05, 0.1) is 12.7 Å². The van der Waals surface area contributed by atoms with E-state index < -0.39 is 11.9 Å². The molecular formula is C13H19FO2. The van der Waals surface area contributed by atoms with Gasteiger partial charge in [0.15, 0.2) is 0 Å². The van der Waals surface area contributed by atoms with Crippen LogP contribution in [0.4, 0.5) is 4.39 Å². The molecule has 0 amide bonds. The quantitative estimate of drug-likeness (QED) is 0.834. The van der Waals surface area contributed by atoms with Gasteiger partial charge in [-0.25, -0.2) is 4.39 Å². The monoisotopic (exact) mass is 226 g/mol. The molecule has 0 bridgehead atoms. The van der Waals surface area contributed by atoms with Gasteiger partial charge in [0.2, 0.25) is 0 Å². The van der Waals surface area contributed by atoms with Crippen LogP contribution in [0.15, 0.2) is 18.2 Å². The van der Waals surface area contributed by atoms with Gasteiger partial charge in [0.1, 0.15) is 11.6 Å². The van der Waals surface area contributed by atoms with Crippen LogP contribution in [-0.2, 0) is 0 Å². The summed E-state index contributed by atoms with van der Waals surface area (Å²) >= 11 is 0. The summed E-state index contributed by atoms with van der Waals surface area (Å²) in [4.78, 5) is 0. The predicted molar refractivity (Wildman–Crippen MR) is 62.0 cm³/mol. The molecule has 0 aromatic heterocycles. The lowest BCUT2D eigenvalue weighted by Gasteiger charge is -2.12. The van der Waals surface area contributed by atoms with Crippen molar-refractivity contribution in [1.29, 1.82) is 0 Å². The smallest absolute Gasteiger partial charge is 0.132 e. The van der Waals surface area contributed by atoms with E-state index in [0.717, 1.165) is 6.42 Å². The Kier molecular flexibility index (Phi) is 4.74. The third-order valence-electron chi connectivity index (χ3n) is 2.65. The molecule has 1 aromatic carbocycles. The Morgan fingerprint density at radius 3 is 2.56 bits per heavy atom. The van der Waals surface area contributed by atoms with E-state index in [2.05, 4.69) is 13.8 Å². The minimum atomic E-state index is -0.788. The lowest BCUT2D eigenvalue weighted by atomic mass is 10.1. The highest BCUT2D eigenvalue weighted by atomic mass is 19.1. The second-order valence-corrected chi connectivity index (χ2v) is 4.18. The summed E-state index contributed by atoms with van der Waals surface area (Å²) in [7, 11) is 0. The molecule has 1 N–H and O–H groups in total. The molecule has 2 atom stereocenters. The van der Waals surface area contributed by atoms with Crippen LogP contribution in [0.3, 0.4) is 0 Å². The van der Waals surface area contributed by atoms with Crippen LogP contribution in [0, 0.1) is 11.7 Å². The fraction of sp³-hybridized carbons (Fsp3) is 0.538. The van der Waals surface area contributed by atoms with Crippen molar-refractivity contribution < 1.29 is 14.2 Å². The summed E-state index contributed by atoms with van der Waals surface area (Å²) in [6.45, 7) is 6.30. The van der Waals surface area contributed by atoms with Gasteiger partial charge in [-0.1, -0.05) is 20.3 Å². The van der Waals surface area contributed by atoms with Crippen LogP contribution in [0.1, 0.15) is 38.9 Å². The number of aliphatic hydroxyl groups is 1. The lowest BCUT2D eigenvalue weighted by Crippen LogP contribution is -2.07. The van der Waals surface area contributed by atoms with E-state index in [-0.39, 0.29) is 0 Å². The van der Waals surface area contributed by atoms with E-state index >= 15 is 0 Å². The summed E-state index contributed by atoms with van der Waals surface area (Å²) < 4.78 is 18.9. The van der Waals surface area contributed by atoms with Crippen molar-refractivity contribution >= 4 is 0 Å². The first-order valence-electron chi connectivity index (χ1n) is 5.64. The third kappa shape index (κ3) is 3.49. The molecule has 0 spiro atoms. The Bertz CT molecular complexity index is 337. The van der Waals surface area contributed by atoms with Gasteiger partial charge in [0, 0.05) is 11.6 Å². The molecule has 0 radical (unpaired) electrons. The third-order valence-corrected chi connectivity index (χ3v) is 2.65. The molecule has 90 valence electrons. The van der Waals surface area contributed by atoms with Gasteiger partial charge in [-0.3, -0.25) is 0 Å². The normalized spacial score (nSPS) is 14.6. The molecule has 0 saturated heterocycles. The SMILES string of the molecule is CCC(C)COc1ccc([C@H](C)O)c(F)c1. The average molecular weight is 226 g/mol. The number of hydrogen-bond acceptors (Lipinski definition) is 2. The standard InChI is InChI=1S/C13H19FO2/c1-4-9(2)8-16-11-5-6-12(10(3)15)13(14)7-11/h5-7,9-10,15H,4,8H2,1-3H3/t9?,10-/m0/s1. The van der Waals surface area contributed by atoms with Crippen molar-refractivity contribution in [3.05, 3.63) is 29.6 Å². The minimum absolute atomic E-state index is 0.302. The summed E-state index contributed by atoms with van der Waals surface area (Å²) in [6.07, 6.45) is 0.248. The number of hydrogen-bond donors (Lipinski definition) is 1. The molecule has 0 aliphatic carbocycles. The van der Waals surface area contributed by atoms with Crippen LogP contribution in [0.5, 0.6) is 5.75 Å². The maximum absolute atomic E-state index is 13.5. The Labute approximate surface area is 96.1 Å². The fourth-order valence-electron chi connectivity index (χ4n) is 1.29. The Hall–Kier alpha value is -1.09. The zero-order valence-electron chi connectivity index (χ0n) is 10.0. The van der Waals surface area contributed by atoms with Gasteiger partial charge in [0.25, 0.3) is 0 Å². The van der Waals surface area contributed by atoms with Crippen molar-refractivity contribution in [2.45, 2.75) is 33.3 Å². The predicted octanol–water partition coefficient (Wildman–Crippen LogP) is 3.30. The first-order chi connectivity index (χ1) is 7.54. The van der Waals surface area contributed by atoms with E-state index in [9.17, 15) is 9.50 Å². The largest absolute Gasteiger partial charge is 0.493 e. The summed E-state index contributed by atoms with van der Waals surface area (Å²) in [6, 6.07) is 4.57. The first kappa shape index (κ1) is 13.0. The fourth-order valence-corrected chi connectivity index (χ4v) is 1.29. The minimum Gasteiger partial charge on any atom is -0.493 e. The summed E-state index contributed by atoms with van der Waals surface area (Å²) in [5, 5.41) is 9.27. The maximum Gasteiger partial charge on any atom is 0.132 e. The van der Waals surface area contributed by atoms with Crippen molar-refractivity contribution in [2.75, 3.05) is 6.61 Å². The van der Waals surface area contributed by atoms with Crippen LogP contribution < -0.4 is 4.74 Å². The number of benzene rings is 1. The zero-order valence-corrected chi connectivity index (χ0v) is 10.0. The van der Waals surface area contributed by atoms with Gasteiger partial charge < -0.3 is 9.84 Å². The molecule has 1 unspecified atom stereocenters. The van der Waals surface area contributed by atoms with Crippen LogP contribution in [0.2, 0.25) is 0 Å². The van der Waals surface area contributed by atoms with Gasteiger partial charge in [-0.05, 0) is 25.0 Å². The van der Waals surface area contributed by atoms with Crippen molar-refractivity contribution in [3.8, 4) is 5.75 Å². The summed E-state index contributed by atoms with van der Waals surface area (Å²) in [5.41, 5.74) is 0.302. The van der Waals surface area contributed by atoms with Crippen molar-refractivity contribution in [1.82, 2.24) is 0 Å². The number of halogens is 1. The average Bonchev–Trinajstić information content (AvgIpc) is 2.25. The highest BCUT2D eigenvalue weighted by Gasteiger charge is 2.09. The molecular weight excluding hydrogens is 207 g/mol. The van der Waals surface area contributed by atoms with Gasteiger partial charge in [-0.15, -0.1) is 0 Å². The molecule has 1 rings (SSSR count). The zero-order chi connectivity index (χ0) is 12.1. The maximum atomic E-state index is 13.5. The molecule has 0 aliphatic rings. The molecule has 0 heterocycles. The second kappa shape index (κ2) is 5.85. The van der Waals surface area contributed by atoms with Crippen LogP contribution in [0.25, 0.3) is 0 Å². The number of aliphatic hydroxyl groups excluding tert-OH is 1. The number of rotatable bonds is 5. The Balaban J connectivity index is 2.66. The molecule has 1 aromatic rings. The molecule has 3 heteroatoms. The van der Waals surface area contributed by atoms with Crippen LogP contribution >= 0.6 is 0 Å². The van der Waals surface area contributed by atoms with Crippen molar-refractivity contribution in [3.63, 3.8) is 0 Å². The van der Waals surface area contributed by atoms with E-state index in [0.29, 0.717) is 23.8 Å². The van der Waals surface area contributed by atoms with E-state index in [1.807, 2.05) is 0 Å². The molecule has 16 heavy (non-hydrogen) atoms. The molecule has 0 fully saturated rings. The molecule has 0 aliphatic heterocycles. The highest BCUT2D eigenvalue weighted by Crippen LogP contribution is 2.22. The Morgan fingerprint density at radius 1 is 1.38 bits per heavy atom. The highest BCUT2D eigenvalue weighted by molar-refractivity contribution is 5.29. The lowest BCUT2D eigenvalue weighted by molar-refractivity contribution is 0.193. The van der Waals surface area contributed by atoms with E-state index in [4.69, 9.17) is 4.74 Å². The Morgan fingerprint density at radius 2 is 2.06 bits per heavy atom. The van der Waals surface area contributed by atoms with E-state index in [1.54, 1.807) is 12.1 Å². The topological polar surface area (TPSA) is 29.5 Å².